The van der Waals surface area contributed by atoms with Gasteiger partial charge in [-0.05, 0) is 68.9 Å². The second-order valence-electron chi connectivity index (χ2n) is 10.1. The lowest BCUT2D eigenvalue weighted by molar-refractivity contribution is 1.66. The molecule has 40 heavy (non-hydrogen) atoms. The highest BCUT2D eigenvalue weighted by Crippen LogP contribution is 2.44. The third-order valence-electron chi connectivity index (χ3n) is 7.70. The predicted octanol–water partition coefficient (Wildman–Crippen LogP) is 6.81. The highest BCUT2D eigenvalue weighted by atomic mass is 31.2. The van der Waals surface area contributed by atoms with Crippen molar-refractivity contribution in [3.05, 3.63) is 170 Å². The molecule has 194 valence electrons. The van der Waals surface area contributed by atoms with Crippen molar-refractivity contribution in [1.82, 2.24) is 0 Å². The summed E-state index contributed by atoms with van der Waals surface area (Å²) in [6.45, 7) is -4.14. The van der Waals surface area contributed by atoms with E-state index in [-0.39, 0.29) is 0 Å². The van der Waals surface area contributed by atoms with Gasteiger partial charge in [0.15, 0.2) is 0 Å². The first-order chi connectivity index (χ1) is 19.6. The maximum atomic E-state index is 4.96. The van der Waals surface area contributed by atoms with Gasteiger partial charge in [-0.1, -0.05) is 170 Å². The third-order valence-corrected chi connectivity index (χ3v) is 14.7. The molecule has 0 aromatic heterocycles. The minimum Gasteiger partial charge on any atom is -0.0887 e. The van der Waals surface area contributed by atoms with Crippen molar-refractivity contribution in [2.75, 3.05) is 0 Å². The Labute approximate surface area is 238 Å². The van der Waals surface area contributed by atoms with E-state index >= 15 is 0 Å². The van der Waals surface area contributed by atoms with Crippen LogP contribution in [-0.2, 0) is 0 Å². The van der Waals surface area contributed by atoms with Crippen molar-refractivity contribution in [1.29, 1.82) is 0 Å². The molecular formula is C38H32P2. The molecule has 2 heteroatoms. The van der Waals surface area contributed by atoms with Crippen LogP contribution in [-0.4, -0.2) is 12.6 Å². The molecule has 0 nitrogen and oxygen atoms in total. The van der Waals surface area contributed by atoms with Crippen LogP contribution in [0.5, 0.6) is 0 Å². The van der Waals surface area contributed by atoms with Crippen molar-refractivity contribution in [3.8, 4) is 11.1 Å². The van der Waals surface area contributed by atoms with Crippen LogP contribution in [0.1, 0.15) is 0 Å². The van der Waals surface area contributed by atoms with Crippen molar-refractivity contribution in [2.24, 2.45) is 0 Å². The van der Waals surface area contributed by atoms with E-state index in [1.807, 2.05) is 0 Å². The predicted molar refractivity (Wildman–Crippen MR) is 184 cm³/mol. The quantitative estimate of drug-likeness (QED) is 0.192. The van der Waals surface area contributed by atoms with Gasteiger partial charge in [0, 0.05) is 0 Å². The number of rotatable bonds is 7. The average molecular weight is 551 g/mol. The fourth-order valence-corrected chi connectivity index (χ4v) is 11.4. The molecular weight excluding hydrogens is 518 g/mol. The molecule has 6 aromatic rings. The molecule has 0 bridgehead atoms. The smallest absolute Gasteiger partial charge is 0.0159 e. The van der Waals surface area contributed by atoms with Crippen LogP contribution >= 0.6 is 13.8 Å². The van der Waals surface area contributed by atoms with Gasteiger partial charge in [-0.2, -0.15) is 0 Å². The van der Waals surface area contributed by atoms with E-state index in [2.05, 4.69) is 170 Å². The summed E-state index contributed by atoms with van der Waals surface area (Å²) < 4.78 is 0. The normalized spacial score (nSPS) is 11.7. The van der Waals surface area contributed by atoms with E-state index in [0.717, 1.165) is 0 Å². The third kappa shape index (κ3) is 4.76. The first-order valence-corrected chi connectivity index (χ1v) is 17.5. The monoisotopic (exact) mass is 550 g/mol. The van der Waals surface area contributed by atoms with Crippen LogP contribution in [0.2, 0.25) is 0 Å². The van der Waals surface area contributed by atoms with Gasteiger partial charge >= 0.3 is 0 Å². The Bertz CT molecular complexity index is 1600. The largest absolute Gasteiger partial charge is 0.0887 e. The van der Waals surface area contributed by atoms with Crippen LogP contribution < -0.4 is 31.8 Å². The second kappa shape index (κ2) is 11.2. The maximum Gasteiger partial charge on any atom is -0.0159 e. The molecule has 6 aromatic carbocycles. The van der Waals surface area contributed by atoms with Crippen LogP contribution in [0.15, 0.2) is 170 Å². The highest BCUT2D eigenvalue weighted by Gasteiger charge is 2.24. The topological polar surface area (TPSA) is 0 Å². The molecule has 0 spiro atoms. The van der Waals surface area contributed by atoms with Crippen molar-refractivity contribution >= 4 is 58.2 Å². The van der Waals surface area contributed by atoms with Gasteiger partial charge < -0.3 is 0 Å². The summed E-state index contributed by atoms with van der Waals surface area (Å²) in [6, 6.07) is 61.1. The van der Waals surface area contributed by atoms with E-state index < -0.39 is 13.8 Å². The average Bonchev–Trinajstić information content (AvgIpc) is 3.06. The first kappa shape index (κ1) is 26.2. The van der Waals surface area contributed by atoms with Gasteiger partial charge in [0.05, 0.1) is 0 Å². The molecule has 0 saturated carbocycles. The van der Waals surface area contributed by atoms with Crippen molar-refractivity contribution < 1.29 is 0 Å². The molecule has 0 saturated heterocycles. The molecule has 0 fully saturated rings. The number of hydrogen-bond acceptors (Lipinski definition) is 0. The summed E-state index contributed by atoms with van der Waals surface area (Å²) in [5.41, 5.74) is 2.40. The molecule has 0 aliphatic carbocycles. The lowest BCUT2D eigenvalue weighted by atomic mass is 10.1. The summed E-state index contributed by atoms with van der Waals surface area (Å²) in [6.07, 6.45) is 9.92. The number of hydrogen-bond donors (Lipinski definition) is 0. The molecule has 0 heterocycles. The van der Waals surface area contributed by atoms with E-state index in [0.29, 0.717) is 0 Å². The van der Waals surface area contributed by atoms with E-state index in [4.69, 9.17) is 12.6 Å². The summed E-state index contributed by atoms with van der Waals surface area (Å²) in [5, 5.41) is 7.67. The van der Waals surface area contributed by atoms with E-state index in [1.165, 1.54) is 43.0 Å². The van der Waals surface area contributed by atoms with Gasteiger partial charge in [-0.25, -0.2) is 0 Å². The number of benzene rings is 6. The van der Waals surface area contributed by atoms with Gasteiger partial charge in [0.25, 0.3) is 0 Å². The molecule has 0 amide bonds. The van der Waals surface area contributed by atoms with Gasteiger partial charge in [0.2, 0.25) is 0 Å². The molecule has 0 aliphatic rings. The van der Waals surface area contributed by atoms with E-state index in [1.54, 1.807) is 0 Å². The van der Waals surface area contributed by atoms with Gasteiger partial charge in [-0.15, -0.1) is 0 Å². The standard InChI is InChI=1S/C38H32P2/c1-39(33-19-7-3-8-20-33,34-21-9-4-10-22-34)37-27-15-17-31(29-37)32-18-16-28-38(30-32)40(2,35-23-11-5-12-24-35)36-25-13-6-14-26-36/h3-30H,1-2H2. The van der Waals surface area contributed by atoms with Crippen molar-refractivity contribution in [3.63, 3.8) is 0 Å². The minimum absolute atomic E-state index is 1.20. The van der Waals surface area contributed by atoms with Crippen LogP contribution in [0.4, 0.5) is 0 Å². The van der Waals surface area contributed by atoms with Crippen molar-refractivity contribution in [2.45, 2.75) is 0 Å². The zero-order valence-corrected chi connectivity index (χ0v) is 24.3. The zero-order chi connectivity index (χ0) is 27.4. The van der Waals surface area contributed by atoms with Gasteiger partial charge in [-0.3, -0.25) is 0 Å². The SMILES string of the molecule is C=P(c1ccccc1)(c1ccccc1)c1cccc(-c2cccc(P(=C)(c3ccccc3)c3ccccc3)c2)c1. The second-order valence-corrected chi connectivity index (χ2v) is 16.4. The van der Waals surface area contributed by atoms with E-state index in [9.17, 15) is 0 Å². The minimum atomic E-state index is -2.07. The van der Waals surface area contributed by atoms with Gasteiger partial charge in [0.1, 0.15) is 0 Å². The Morgan fingerprint density at radius 2 is 0.525 bits per heavy atom. The van der Waals surface area contributed by atoms with Crippen LogP contribution in [0, 0.1) is 0 Å². The molecule has 0 aliphatic heterocycles. The van der Waals surface area contributed by atoms with Crippen LogP contribution in [0.25, 0.3) is 11.1 Å². The Morgan fingerprint density at radius 1 is 0.275 bits per heavy atom. The first-order valence-electron chi connectivity index (χ1n) is 13.5. The lowest BCUT2D eigenvalue weighted by Gasteiger charge is -2.28. The fourth-order valence-electron chi connectivity index (χ4n) is 5.47. The lowest BCUT2D eigenvalue weighted by Crippen LogP contribution is -2.26. The summed E-state index contributed by atoms with van der Waals surface area (Å²) in [5.74, 6) is 0. The Kier molecular flexibility index (Phi) is 7.32. The molecule has 0 N–H and O–H groups in total. The zero-order valence-electron chi connectivity index (χ0n) is 22.5. The Morgan fingerprint density at radius 3 is 0.800 bits per heavy atom. The fraction of sp³-hybridized carbons (Fsp3) is 0. The summed E-state index contributed by atoms with van der Waals surface area (Å²) >= 11 is 0. The Hall–Kier alpha value is -4.08. The van der Waals surface area contributed by atoms with Crippen LogP contribution in [0.3, 0.4) is 0 Å². The Balaban J connectivity index is 1.50. The highest BCUT2D eigenvalue weighted by molar-refractivity contribution is 7.93. The summed E-state index contributed by atoms with van der Waals surface area (Å²) in [7, 11) is 0. The molecule has 6 rings (SSSR count). The maximum absolute atomic E-state index is 4.96. The molecule has 0 unspecified atom stereocenters. The molecule has 0 atom stereocenters. The summed E-state index contributed by atoms with van der Waals surface area (Å²) in [4.78, 5) is 0. The molecule has 0 radical (unpaired) electrons.